The van der Waals surface area contributed by atoms with Crippen LogP contribution in [0.15, 0.2) is 30.3 Å². The molecule has 2 heterocycles. The van der Waals surface area contributed by atoms with E-state index in [4.69, 9.17) is 39.7 Å². The van der Waals surface area contributed by atoms with E-state index in [9.17, 15) is 9.90 Å². The van der Waals surface area contributed by atoms with Crippen LogP contribution in [0, 0.1) is 36.0 Å². The summed E-state index contributed by atoms with van der Waals surface area (Å²) in [7, 11) is 0. The summed E-state index contributed by atoms with van der Waals surface area (Å²) < 4.78 is 29.6. The van der Waals surface area contributed by atoms with Crippen molar-refractivity contribution >= 4 is 12.1 Å². The van der Waals surface area contributed by atoms with Gasteiger partial charge in [0, 0.05) is 11.8 Å². The van der Waals surface area contributed by atoms with Crippen LogP contribution < -0.4 is 0 Å². The molecule has 0 bridgehead atoms. The molecule has 0 aliphatic carbocycles. The monoisotopic (exact) mass is 504 g/mol. The van der Waals surface area contributed by atoms with Crippen LogP contribution in [-0.4, -0.2) is 67.4 Å². The lowest BCUT2D eigenvalue weighted by Crippen LogP contribution is -2.59. The second-order valence-corrected chi connectivity index (χ2v) is 9.34. The standard InChI is InChI=1S/C26H36O7.CO2/c1-7-13-29-25-18(5)23(33-26-17(4)15(2)16(3)19(6)31-26)22(27)21(32-25)14-30-24(28)20-11-9-8-10-12-20;2-1-3/h1,8-12,15-19,21-23,25-27H,13-14H2,2-6H3;/t15-,16-,17?,18?,19?,21?,22-,23+,25+,26-;/m0./s1. The van der Waals surface area contributed by atoms with Crippen molar-refractivity contribution in [2.75, 3.05) is 13.2 Å². The van der Waals surface area contributed by atoms with E-state index in [-0.39, 0.29) is 37.3 Å². The maximum absolute atomic E-state index is 12.4. The highest BCUT2D eigenvalue weighted by Crippen LogP contribution is 2.38. The van der Waals surface area contributed by atoms with Gasteiger partial charge in [0.25, 0.3) is 0 Å². The number of esters is 1. The lowest BCUT2D eigenvalue weighted by molar-refractivity contribution is -0.330. The summed E-state index contributed by atoms with van der Waals surface area (Å²) in [5, 5.41) is 11.1. The Kier molecular flexibility index (Phi) is 11.7. The minimum atomic E-state index is -1.05. The summed E-state index contributed by atoms with van der Waals surface area (Å²) in [4.78, 5) is 28.6. The molecule has 2 fully saturated rings. The number of hydrogen-bond donors (Lipinski definition) is 1. The zero-order valence-electron chi connectivity index (χ0n) is 21.4. The fourth-order valence-electron chi connectivity index (χ4n) is 4.46. The van der Waals surface area contributed by atoms with Crippen molar-refractivity contribution in [3.63, 3.8) is 0 Å². The number of carbonyl (C=O) groups excluding carboxylic acids is 3. The van der Waals surface area contributed by atoms with E-state index in [0.717, 1.165) is 0 Å². The Balaban J connectivity index is 0.00000145. The molecule has 4 unspecified atom stereocenters. The Morgan fingerprint density at radius 1 is 0.972 bits per heavy atom. The second kappa shape index (κ2) is 14.2. The van der Waals surface area contributed by atoms with E-state index >= 15 is 0 Å². The van der Waals surface area contributed by atoms with Gasteiger partial charge in [-0.1, -0.05) is 51.8 Å². The maximum atomic E-state index is 12.4. The van der Waals surface area contributed by atoms with Gasteiger partial charge in [-0.3, -0.25) is 0 Å². The Labute approximate surface area is 212 Å². The van der Waals surface area contributed by atoms with Gasteiger partial charge in [0.1, 0.15) is 25.4 Å². The largest absolute Gasteiger partial charge is 0.459 e. The molecule has 0 saturated carbocycles. The molecule has 1 aromatic carbocycles. The minimum Gasteiger partial charge on any atom is -0.459 e. The molecule has 1 aromatic rings. The summed E-state index contributed by atoms with van der Waals surface area (Å²) in [6.07, 6.45) is 1.91. The Hall–Kier alpha value is -2.57. The van der Waals surface area contributed by atoms with E-state index in [1.54, 1.807) is 24.3 Å². The fraction of sp³-hybridized carbons (Fsp3) is 0.630. The molecule has 2 aliphatic heterocycles. The first-order valence-corrected chi connectivity index (χ1v) is 12.1. The highest BCUT2D eigenvalue weighted by atomic mass is 16.7. The molecule has 2 aliphatic rings. The van der Waals surface area contributed by atoms with E-state index in [1.807, 2.05) is 19.9 Å². The third-order valence-corrected chi connectivity index (χ3v) is 7.16. The predicted molar refractivity (Wildman–Crippen MR) is 127 cm³/mol. The minimum absolute atomic E-state index is 0.0320. The molecular weight excluding hydrogens is 468 g/mol. The summed E-state index contributed by atoms with van der Waals surface area (Å²) in [5.74, 6) is 2.54. The van der Waals surface area contributed by atoms with Crippen molar-refractivity contribution < 1.29 is 43.2 Å². The topological polar surface area (TPSA) is 118 Å². The normalized spacial score (nSPS) is 35.9. The first-order chi connectivity index (χ1) is 17.2. The number of aliphatic hydroxyl groups is 1. The Bertz CT molecular complexity index is 892. The number of hydrogen-bond acceptors (Lipinski definition) is 9. The average molecular weight is 505 g/mol. The quantitative estimate of drug-likeness (QED) is 0.442. The summed E-state index contributed by atoms with van der Waals surface area (Å²) in [5.41, 5.74) is 0.422. The molecular formula is C27H36O9. The van der Waals surface area contributed by atoms with E-state index in [2.05, 4.69) is 26.7 Å². The molecule has 10 atom stereocenters. The molecule has 9 heteroatoms. The number of rotatable bonds is 7. The summed E-state index contributed by atoms with van der Waals surface area (Å²) in [6.45, 7) is 10.3. The molecule has 0 aromatic heterocycles. The number of benzene rings is 1. The van der Waals surface area contributed by atoms with Crippen LogP contribution >= 0.6 is 0 Å². The predicted octanol–water partition coefficient (Wildman–Crippen LogP) is 2.67. The van der Waals surface area contributed by atoms with Crippen molar-refractivity contribution in [2.24, 2.45) is 23.7 Å². The van der Waals surface area contributed by atoms with Crippen LogP contribution in [0.5, 0.6) is 0 Å². The number of ether oxygens (including phenoxy) is 5. The molecule has 3 rings (SSSR count). The smallest absolute Gasteiger partial charge is 0.373 e. The Morgan fingerprint density at radius 2 is 1.61 bits per heavy atom. The van der Waals surface area contributed by atoms with Gasteiger partial charge in [0.05, 0.1) is 17.8 Å². The van der Waals surface area contributed by atoms with Crippen LogP contribution in [0.4, 0.5) is 0 Å². The SMILES string of the molecule is C#CCO[C@@H]1OC(COC(=O)c2ccccc2)[C@H](O)[C@H](O[C@@H]2OC(C)[C@@H](C)[C@H](C)C2C)C1C.O=C=O. The molecule has 198 valence electrons. The van der Waals surface area contributed by atoms with Gasteiger partial charge >= 0.3 is 12.1 Å². The summed E-state index contributed by atoms with van der Waals surface area (Å²) >= 11 is 0. The van der Waals surface area contributed by atoms with Gasteiger partial charge in [-0.05, 0) is 30.9 Å². The second-order valence-electron chi connectivity index (χ2n) is 9.34. The number of carbonyl (C=O) groups is 1. The van der Waals surface area contributed by atoms with Gasteiger partial charge in [0.15, 0.2) is 12.6 Å². The molecule has 0 amide bonds. The molecule has 1 N–H and O–H groups in total. The van der Waals surface area contributed by atoms with E-state index < -0.39 is 36.9 Å². The third kappa shape index (κ3) is 7.47. The van der Waals surface area contributed by atoms with Crippen LogP contribution in [0.2, 0.25) is 0 Å². The average Bonchev–Trinajstić information content (AvgIpc) is 2.87. The number of terminal acetylenes is 1. The van der Waals surface area contributed by atoms with Gasteiger partial charge in [-0.2, -0.15) is 9.59 Å². The third-order valence-electron chi connectivity index (χ3n) is 7.16. The highest BCUT2D eigenvalue weighted by molar-refractivity contribution is 5.89. The first-order valence-electron chi connectivity index (χ1n) is 12.1. The van der Waals surface area contributed by atoms with Gasteiger partial charge in [0.2, 0.25) is 0 Å². The Morgan fingerprint density at radius 3 is 2.22 bits per heavy atom. The van der Waals surface area contributed by atoms with Crippen LogP contribution in [0.1, 0.15) is 45.0 Å². The van der Waals surface area contributed by atoms with Crippen molar-refractivity contribution in [1.82, 2.24) is 0 Å². The van der Waals surface area contributed by atoms with Crippen LogP contribution in [0.3, 0.4) is 0 Å². The van der Waals surface area contributed by atoms with Crippen LogP contribution in [-0.2, 0) is 33.3 Å². The molecule has 0 spiro atoms. The number of aliphatic hydroxyl groups excluding tert-OH is 1. The van der Waals surface area contributed by atoms with E-state index in [0.29, 0.717) is 17.4 Å². The van der Waals surface area contributed by atoms with Crippen molar-refractivity contribution in [3.05, 3.63) is 35.9 Å². The summed E-state index contributed by atoms with van der Waals surface area (Å²) in [6, 6.07) is 8.66. The molecule has 36 heavy (non-hydrogen) atoms. The first kappa shape index (κ1) is 29.7. The molecule has 2 saturated heterocycles. The molecule has 9 nitrogen and oxygen atoms in total. The van der Waals surface area contributed by atoms with Crippen molar-refractivity contribution in [2.45, 2.75) is 71.6 Å². The lowest BCUT2D eigenvalue weighted by atomic mass is 9.79. The van der Waals surface area contributed by atoms with E-state index in [1.165, 1.54) is 0 Å². The highest BCUT2D eigenvalue weighted by Gasteiger charge is 2.48. The fourth-order valence-corrected chi connectivity index (χ4v) is 4.46. The van der Waals surface area contributed by atoms with Crippen molar-refractivity contribution in [3.8, 4) is 12.3 Å². The van der Waals surface area contributed by atoms with Gasteiger partial charge in [-0.15, -0.1) is 6.42 Å². The van der Waals surface area contributed by atoms with Crippen LogP contribution in [0.25, 0.3) is 0 Å². The maximum Gasteiger partial charge on any atom is 0.373 e. The van der Waals surface area contributed by atoms with Gasteiger partial charge in [-0.25, -0.2) is 4.79 Å². The zero-order valence-corrected chi connectivity index (χ0v) is 21.4. The zero-order chi connectivity index (χ0) is 26.8. The lowest BCUT2D eigenvalue weighted by Gasteiger charge is -2.47. The van der Waals surface area contributed by atoms with Crippen molar-refractivity contribution in [1.29, 1.82) is 0 Å². The van der Waals surface area contributed by atoms with Gasteiger partial charge < -0.3 is 28.8 Å². The molecule has 0 radical (unpaired) electrons.